The Bertz CT molecular complexity index is 378. The van der Waals surface area contributed by atoms with E-state index in [2.05, 4.69) is 0 Å². The number of hydrogen-bond donors (Lipinski definition) is 3. The first-order valence-electron chi connectivity index (χ1n) is 5.93. The molecule has 94 valence electrons. The third-order valence-corrected chi connectivity index (χ3v) is 3.05. The Morgan fingerprint density at radius 3 is 3.00 bits per heavy atom. The molecule has 0 saturated carbocycles. The molecular weight excluding hydrogens is 220 g/mol. The zero-order valence-electron chi connectivity index (χ0n) is 9.67. The number of ether oxygens (including phenoxy) is 1. The maximum atomic E-state index is 9.86. The maximum Gasteiger partial charge on any atom is 0.119 e. The van der Waals surface area contributed by atoms with E-state index in [4.69, 9.17) is 9.84 Å². The molecule has 1 aromatic carbocycles. The van der Waals surface area contributed by atoms with Gasteiger partial charge in [0, 0.05) is 0 Å². The molecule has 1 aliphatic rings. The van der Waals surface area contributed by atoms with Crippen molar-refractivity contribution in [2.24, 2.45) is 0 Å². The van der Waals surface area contributed by atoms with Crippen molar-refractivity contribution in [1.29, 1.82) is 0 Å². The van der Waals surface area contributed by atoms with Crippen LogP contribution in [-0.2, 0) is 6.42 Å². The Morgan fingerprint density at radius 2 is 2.24 bits per heavy atom. The standard InChI is InChI=1S/C13H18O4/c14-7-10(15)8-17-11-5-4-9-2-1-3-13(16)12(9)6-11/h4-6,10,13-16H,1-3,7-8H2. The van der Waals surface area contributed by atoms with E-state index in [1.807, 2.05) is 18.2 Å². The Morgan fingerprint density at radius 1 is 1.41 bits per heavy atom. The van der Waals surface area contributed by atoms with Crippen LogP contribution in [0.2, 0.25) is 0 Å². The van der Waals surface area contributed by atoms with Gasteiger partial charge in [-0.25, -0.2) is 0 Å². The third-order valence-electron chi connectivity index (χ3n) is 3.05. The van der Waals surface area contributed by atoms with Gasteiger partial charge < -0.3 is 20.1 Å². The molecule has 0 aliphatic heterocycles. The fourth-order valence-corrected chi connectivity index (χ4v) is 2.09. The van der Waals surface area contributed by atoms with E-state index in [-0.39, 0.29) is 13.2 Å². The summed E-state index contributed by atoms with van der Waals surface area (Å²) in [4.78, 5) is 0. The quantitative estimate of drug-likeness (QED) is 0.725. The number of hydrogen-bond acceptors (Lipinski definition) is 4. The highest BCUT2D eigenvalue weighted by Gasteiger charge is 2.18. The second kappa shape index (κ2) is 5.49. The third kappa shape index (κ3) is 2.97. The van der Waals surface area contributed by atoms with Gasteiger partial charge in [0.2, 0.25) is 0 Å². The van der Waals surface area contributed by atoms with E-state index in [0.717, 1.165) is 24.8 Å². The number of benzene rings is 1. The minimum absolute atomic E-state index is 0.0609. The van der Waals surface area contributed by atoms with E-state index in [9.17, 15) is 10.2 Å². The first-order valence-corrected chi connectivity index (χ1v) is 5.93. The summed E-state index contributed by atoms with van der Waals surface area (Å²) in [6.07, 6.45) is 1.51. The molecule has 4 heteroatoms. The fourth-order valence-electron chi connectivity index (χ4n) is 2.09. The lowest BCUT2D eigenvalue weighted by atomic mass is 9.89. The number of fused-ring (bicyclic) bond motifs is 1. The molecule has 1 aliphatic carbocycles. The molecule has 2 unspecified atom stereocenters. The van der Waals surface area contributed by atoms with Crippen molar-refractivity contribution in [3.05, 3.63) is 29.3 Å². The average Bonchev–Trinajstić information content (AvgIpc) is 2.36. The molecule has 1 aromatic rings. The topological polar surface area (TPSA) is 69.9 Å². The van der Waals surface area contributed by atoms with Gasteiger partial charge in [-0.3, -0.25) is 0 Å². The van der Waals surface area contributed by atoms with Gasteiger partial charge in [0.15, 0.2) is 0 Å². The normalized spacial score (nSPS) is 20.8. The van der Waals surface area contributed by atoms with E-state index in [1.165, 1.54) is 5.56 Å². The Kier molecular flexibility index (Phi) is 3.99. The first kappa shape index (κ1) is 12.4. The van der Waals surface area contributed by atoms with E-state index < -0.39 is 12.2 Å². The first-order chi connectivity index (χ1) is 8.20. The molecule has 0 aromatic heterocycles. The number of aliphatic hydroxyl groups is 3. The highest BCUT2D eigenvalue weighted by Crippen LogP contribution is 2.32. The summed E-state index contributed by atoms with van der Waals surface area (Å²) in [7, 11) is 0. The summed E-state index contributed by atoms with van der Waals surface area (Å²) < 4.78 is 5.35. The van der Waals surface area contributed by atoms with Crippen LogP contribution in [0.3, 0.4) is 0 Å². The van der Waals surface area contributed by atoms with Crippen LogP contribution in [-0.4, -0.2) is 34.6 Å². The van der Waals surface area contributed by atoms with Crippen molar-refractivity contribution in [3.8, 4) is 5.75 Å². The van der Waals surface area contributed by atoms with Crippen molar-refractivity contribution in [2.45, 2.75) is 31.5 Å². The van der Waals surface area contributed by atoms with Gasteiger partial charge in [0.25, 0.3) is 0 Å². The van der Waals surface area contributed by atoms with Crippen molar-refractivity contribution in [1.82, 2.24) is 0 Å². The van der Waals surface area contributed by atoms with E-state index in [1.54, 1.807) is 0 Å². The summed E-state index contributed by atoms with van der Waals surface area (Å²) in [5, 5.41) is 27.7. The molecule has 0 heterocycles. The average molecular weight is 238 g/mol. The van der Waals surface area contributed by atoms with Crippen LogP contribution >= 0.6 is 0 Å². The van der Waals surface area contributed by atoms with Crippen LogP contribution in [0.25, 0.3) is 0 Å². The van der Waals surface area contributed by atoms with Crippen LogP contribution < -0.4 is 4.74 Å². The minimum Gasteiger partial charge on any atom is -0.491 e. The molecule has 4 nitrogen and oxygen atoms in total. The van der Waals surface area contributed by atoms with Gasteiger partial charge in [-0.05, 0) is 42.5 Å². The van der Waals surface area contributed by atoms with Gasteiger partial charge in [-0.2, -0.15) is 0 Å². The SMILES string of the molecule is OCC(O)COc1ccc2c(c1)C(O)CCC2. The maximum absolute atomic E-state index is 9.86. The van der Waals surface area contributed by atoms with Crippen LogP contribution in [0, 0.1) is 0 Å². The molecule has 2 rings (SSSR count). The second-order valence-corrected chi connectivity index (χ2v) is 4.42. The molecule has 3 N–H and O–H groups in total. The van der Waals surface area contributed by atoms with Crippen LogP contribution in [0.4, 0.5) is 0 Å². The van der Waals surface area contributed by atoms with Crippen LogP contribution in [0.15, 0.2) is 18.2 Å². The zero-order chi connectivity index (χ0) is 12.3. The summed E-state index contributed by atoms with van der Waals surface area (Å²) in [5.74, 6) is 0.622. The van der Waals surface area contributed by atoms with E-state index in [0.29, 0.717) is 5.75 Å². The number of rotatable bonds is 4. The summed E-state index contributed by atoms with van der Waals surface area (Å²) in [6.45, 7) is -0.251. The summed E-state index contributed by atoms with van der Waals surface area (Å²) in [5.41, 5.74) is 2.09. The lowest BCUT2D eigenvalue weighted by Crippen LogP contribution is -2.21. The molecule has 0 radical (unpaired) electrons. The van der Waals surface area contributed by atoms with Crippen molar-refractivity contribution in [3.63, 3.8) is 0 Å². The molecule has 0 spiro atoms. The van der Waals surface area contributed by atoms with Crippen molar-refractivity contribution >= 4 is 0 Å². The fraction of sp³-hybridized carbons (Fsp3) is 0.538. The second-order valence-electron chi connectivity index (χ2n) is 4.42. The van der Waals surface area contributed by atoms with Crippen molar-refractivity contribution < 1.29 is 20.1 Å². The Balaban J connectivity index is 2.07. The Hall–Kier alpha value is -1.10. The molecule has 2 atom stereocenters. The van der Waals surface area contributed by atoms with Crippen molar-refractivity contribution in [2.75, 3.05) is 13.2 Å². The largest absolute Gasteiger partial charge is 0.491 e. The van der Waals surface area contributed by atoms with Gasteiger partial charge in [0.1, 0.15) is 18.5 Å². The number of aryl methyl sites for hydroxylation is 1. The predicted molar refractivity (Wildman–Crippen MR) is 62.9 cm³/mol. The molecule has 0 amide bonds. The summed E-state index contributed by atoms with van der Waals surface area (Å²) >= 11 is 0. The Labute approximate surface area is 100 Å². The lowest BCUT2D eigenvalue weighted by Gasteiger charge is -2.22. The molecule has 0 fully saturated rings. The van der Waals surface area contributed by atoms with Gasteiger partial charge in [0.05, 0.1) is 12.7 Å². The molecule has 0 bridgehead atoms. The zero-order valence-corrected chi connectivity index (χ0v) is 9.67. The highest BCUT2D eigenvalue weighted by molar-refractivity contribution is 5.38. The van der Waals surface area contributed by atoms with E-state index >= 15 is 0 Å². The van der Waals surface area contributed by atoms with Gasteiger partial charge in [-0.1, -0.05) is 6.07 Å². The van der Waals surface area contributed by atoms with Crippen LogP contribution in [0.1, 0.15) is 30.1 Å². The molecule has 17 heavy (non-hydrogen) atoms. The van der Waals surface area contributed by atoms with Gasteiger partial charge in [-0.15, -0.1) is 0 Å². The smallest absolute Gasteiger partial charge is 0.119 e. The minimum atomic E-state index is -0.865. The van der Waals surface area contributed by atoms with Crippen LogP contribution in [0.5, 0.6) is 5.75 Å². The monoisotopic (exact) mass is 238 g/mol. The highest BCUT2D eigenvalue weighted by atomic mass is 16.5. The lowest BCUT2D eigenvalue weighted by molar-refractivity contribution is 0.0534. The molecule has 0 saturated heterocycles. The number of aliphatic hydroxyl groups excluding tert-OH is 3. The molecular formula is C13H18O4. The predicted octanol–water partition coefficient (Wildman–Crippen LogP) is 0.788. The summed E-state index contributed by atoms with van der Waals surface area (Å²) in [6, 6.07) is 5.61. The van der Waals surface area contributed by atoms with Gasteiger partial charge >= 0.3 is 0 Å².